The molecule has 6 heteroatoms. The summed E-state index contributed by atoms with van der Waals surface area (Å²) in [4.78, 5) is 18.6. The molecule has 1 saturated heterocycles. The van der Waals surface area contributed by atoms with E-state index in [2.05, 4.69) is 17.1 Å². The lowest BCUT2D eigenvalue weighted by Crippen LogP contribution is -2.41. The first kappa shape index (κ1) is 18.6. The summed E-state index contributed by atoms with van der Waals surface area (Å²) in [5.74, 6) is 1.75. The summed E-state index contributed by atoms with van der Waals surface area (Å²) in [5, 5.41) is 0. The lowest BCUT2D eigenvalue weighted by atomic mass is 9.98. The van der Waals surface area contributed by atoms with E-state index in [0.29, 0.717) is 19.8 Å². The van der Waals surface area contributed by atoms with E-state index in [-0.39, 0.29) is 18.4 Å². The maximum Gasteiger partial charge on any atom is 0.248 e. The topological polar surface area (TPSA) is 64.8 Å². The lowest BCUT2D eigenvalue weighted by Gasteiger charge is -2.31. The number of carbonyl (C=O) groups is 1. The number of hydrogen-bond donors (Lipinski definition) is 0. The molecule has 3 rings (SSSR count). The Balaban J connectivity index is 1.53. The normalized spacial score (nSPS) is 17.4. The van der Waals surface area contributed by atoms with Gasteiger partial charge in [0.25, 0.3) is 0 Å². The molecular formula is C20H26N2O4. The summed E-state index contributed by atoms with van der Waals surface area (Å²) in [6.45, 7) is 2.43. The molecule has 6 nitrogen and oxygen atoms in total. The standard InChI is InChI=1S/C20H26N2O4/c1-24-10-11-25-15-19(23)22-9-5-8-17(14-22)20-21-13-18(26-20)12-16-6-3-2-4-7-16/h2-4,6-7,13,17H,5,8-12,14-15H2,1H3. The van der Waals surface area contributed by atoms with Gasteiger partial charge in [-0.25, -0.2) is 4.98 Å². The molecule has 1 unspecified atom stereocenters. The van der Waals surface area contributed by atoms with Gasteiger partial charge in [0, 0.05) is 26.6 Å². The number of oxazole rings is 1. The fourth-order valence-electron chi connectivity index (χ4n) is 3.19. The number of rotatable bonds is 8. The number of benzene rings is 1. The number of nitrogens with zero attached hydrogens (tertiary/aromatic N) is 2. The Hall–Kier alpha value is -2.18. The molecule has 1 aliphatic heterocycles. The van der Waals surface area contributed by atoms with Gasteiger partial charge in [-0.1, -0.05) is 30.3 Å². The van der Waals surface area contributed by atoms with Crippen molar-refractivity contribution in [3.63, 3.8) is 0 Å². The predicted molar refractivity (Wildman–Crippen MR) is 97.0 cm³/mol. The second-order valence-electron chi connectivity index (χ2n) is 6.55. The molecule has 1 aromatic carbocycles. The van der Waals surface area contributed by atoms with Crippen molar-refractivity contribution in [2.45, 2.75) is 25.2 Å². The van der Waals surface area contributed by atoms with Crippen molar-refractivity contribution in [2.75, 3.05) is 40.0 Å². The smallest absolute Gasteiger partial charge is 0.248 e. The number of piperidine rings is 1. The molecule has 0 radical (unpaired) electrons. The monoisotopic (exact) mass is 358 g/mol. The zero-order valence-corrected chi connectivity index (χ0v) is 15.2. The first-order valence-corrected chi connectivity index (χ1v) is 9.09. The highest BCUT2D eigenvalue weighted by atomic mass is 16.5. The first-order chi connectivity index (χ1) is 12.8. The number of amides is 1. The molecule has 0 N–H and O–H groups in total. The van der Waals surface area contributed by atoms with E-state index in [4.69, 9.17) is 13.9 Å². The van der Waals surface area contributed by atoms with Crippen molar-refractivity contribution in [1.29, 1.82) is 0 Å². The molecule has 2 heterocycles. The molecule has 0 aliphatic carbocycles. The SMILES string of the molecule is COCCOCC(=O)N1CCCC(c2ncc(Cc3ccccc3)o2)C1. The van der Waals surface area contributed by atoms with Crippen molar-refractivity contribution in [3.8, 4) is 0 Å². The number of hydrogen-bond acceptors (Lipinski definition) is 5. The van der Waals surface area contributed by atoms with Gasteiger partial charge in [-0.05, 0) is 18.4 Å². The number of ether oxygens (including phenoxy) is 2. The third kappa shape index (κ3) is 5.16. The quantitative estimate of drug-likeness (QED) is 0.679. The van der Waals surface area contributed by atoms with Crippen LogP contribution in [0.25, 0.3) is 0 Å². The summed E-state index contributed by atoms with van der Waals surface area (Å²) < 4.78 is 16.2. The lowest BCUT2D eigenvalue weighted by molar-refractivity contribution is -0.137. The first-order valence-electron chi connectivity index (χ1n) is 9.09. The Kier molecular flexibility index (Phi) is 6.80. The molecule has 0 bridgehead atoms. The largest absolute Gasteiger partial charge is 0.445 e. The summed E-state index contributed by atoms with van der Waals surface area (Å²) in [5.41, 5.74) is 1.20. The molecule has 0 saturated carbocycles. The highest BCUT2D eigenvalue weighted by Crippen LogP contribution is 2.27. The average Bonchev–Trinajstić information content (AvgIpc) is 3.14. The second-order valence-corrected chi connectivity index (χ2v) is 6.55. The molecule has 1 fully saturated rings. The van der Waals surface area contributed by atoms with Gasteiger partial charge in [-0.3, -0.25) is 4.79 Å². The van der Waals surface area contributed by atoms with Gasteiger partial charge in [0.15, 0.2) is 5.89 Å². The Morgan fingerprint density at radius 3 is 2.96 bits per heavy atom. The van der Waals surface area contributed by atoms with Crippen molar-refractivity contribution in [2.24, 2.45) is 0 Å². The Bertz CT molecular complexity index is 686. The van der Waals surface area contributed by atoms with Crippen molar-refractivity contribution in [1.82, 2.24) is 9.88 Å². The van der Waals surface area contributed by atoms with Crippen LogP contribution in [-0.4, -0.2) is 55.8 Å². The molecule has 1 atom stereocenters. The number of carbonyl (C=O) groups excluding carboxylic acids is 1. The third-order valence-electron chi connectivity index (χ3n) is 4.57. The fourth-order valence-corrected chi connectivity index (χ4v) is 3.19. The average molecular weight is 358 g/mol. The highest BCUT2D eigenvalue weighted by molar-refractivity contribution is 5.77. The summed E-state index contributed by atoms with van der Waals surface area (Å²) in [6, 6.07) is 10.2. The van der Waals surface area contributed by atoms with Gasteiger partial charge >= 0.3 is 0 Å². The number of aromatic nitrogens is 1. The van der Waals surface area contributed by atoms with Crippen LogP contribution in [-0.2, 0) is 20.7 Å². The number of likely N-dealkylation sites (tertiary alicyclic amines) is 1. The van der Waals surface area contributed by atoms with Crippen LogP contribution in [0.15, 0.2) is 40.9 Å². The zero-order valence-electron chi connectivity index (χ0n) is 15.2. The van der Waals surface area contributed by atoms with Crippen LogP contribution >= 0.6 is 0 Å². The maximum absolute atomic E-state index is 12.3. The maximum atomic E-state index is 12.3. The third-order valence-corrected chi connectivity index (χ3v) is 4.57. The van der Waals surface area contributed by atoms with Gasteiger partial charge < -0.3 is 18.8 Å². The molecule has 0 spiro atoms. The molecule has 1 aliphatic rings. The fraction of sp³-hybridized carbons (Fsp3) is 0.500. The van der Waals surface area contributed by atoms with Crippen LogP contribution in [0.5, 0.6) is 0 Å². The Labute approximate surface area is 154 Å². The molecule has 1 aromatic heterocycles. The van der Waals surface area contributed by atoms with Crippen LogP contribution in [0.4, 0.5) is 0 Å². The van der Waals surface area contributed by atoms with E-state index in [9.17, 15) is 4.79 Å². The van der Waals surface area contributed by atoms with Crippen LogP contribution < -0.4 is 0 Å². The van der Waals surface area contributed by atoms with Gasteiger partial charge in [0.05, 0.1) is 25.3 Å². The van der Waals surface area contributed by atoms with E-state index in [0.717, 1.165) is 37.5 Å². The highest BCUT2D eigenvalue weighted by Gasteiger charge is 2.27. The van der Waals surface area contributed by atoms with Gasteiger partial charge in [-0.2, -0.15) is 0 Å². The summed E-state index contributed by atoms with van der Waals surface area (Å²) in [6.07, 6.45) is 4.47. The van der Waals surface area contributed by atoms with E-state index < -0.39 is 0 Å². The Morgan fingerprint density at radius 1 is 1.31 bits per heavy atom. The van der Waals surface area contributed by atoms with Crippen LogP contribution in [0.2, 0.25) is 0 Å². The minimum absolute atomic E-state index is 0.0156. The van der Waals surface area contributed by atoms with Gasteiger partial charge in [0.2, 0.25) is 5.91 Å². The predicted octanol–water partition coefficient (Wildman–Crippen LogP) is 2.63. The molecular weight excluding hydrogens is 332 g/mol. The van der Waals surface area contributed by atoms with Crippen LogP contribution in [0.3, 0.4) is 0 Å². The van der Waals surface area contributed by atoms with E-state index in [1.807, 2.05) is 23.1 Å². The van der Waals surface area contributed by atoms with Gasteiger partial charge in [0.1, 0.15) is 12.4 Å². The van der Waals surface area contributed by atoms with Crippen molar-refractivity contribution < 1.29 is 18.7 Å². The van der Waals surface area contributed by atoms with Crippen LogP contribution in [0.1, 0.15) is 36.0 Å². The second kappa shape index (κ2) is 9.50. The zero-order chi connectivity index (χ0) is 18.2. The van der Waals surface area contributed by atoms with Gasteiger partial charge in [-0.15, -0.1) is 0 Å². The molecule has 26 heavy (non-hydrogen) atoms. The minimum Gasteiger partial charge on any atom is -0.445 e. The van der Waals surface area contributed by atoms with Crippen molar-refractivity contribution >= 4 is 5.91 Å². The van der Waals surface area contributed by atoms with E-state index in [1.165, 1.54) is 5.56 Å². The summed E-state index contributed by atoms with van der Waals surface area (Å²) in [7, 11) is 1.61. The Morgan fingerprint density at radius 2 is 2.15 bits per heavy atom. The van der Waals surface area contributed by atoms with E-state index >= 15 is 0 Å². The molecule has 2 aromatic rings. The summed E-state index contributed by atoms with van der Waals surface area (Å²) >= 11 is 0. The molecule has 140 valence electrons. The number of methoxy groups -OCH3 is 1. The minimum atomic E-state index is 0.0156. The van der Waals surface area contributed by atoms with Crippen LogP contribution in [0, 0.1) is 0 Å². The van der Waals surface area contributed by atoms with E-state index in [1.54, 1.807) is 13.3 Å². The molecule has 1 amide bonds. The van der Waals surface area contributed by atoms with Crippen molar-refractivity contribution in [3.05, 3.63) is 53.7 Å².